The molecule has 3 nitrogen and oxygen atoms in total. The molecule has 15 heavy (non-hydrogen) atoms. The largest absolute Gasteiger partial charge is 0.329 e. The molecular weight excluding hydrogens is 188 g/mol. The van der Waals surface area contributed by atoms with E-state index in [0.717, 1.165) is 12.1 Å². The first-order valence-electron chi connectivity index (χ1n) is 5.58. The third-order valence-electron chi connectivity index (χ3n) is 3.30. The topological polar surface area (TPSA) is 36.1 Å². The maximum atomic E-state index is 11.1. The molecular formula is C12H18N2O. The second kappa shape index (κ2) is 4.19. The first-order chi connectivity index (χ1) is 7.18. The molecule has 1 aliphatic heterocycles. The molecule has 0 spiro atoms. The number of aromatic nitrogens is 1. The molecule has 1 N–H and O–H groups in total. The molecule has 1 aromatic heterocycles. The number of aromatic amines is 1. The Morgan fingerprint density at radius 3 is 2.93 bits per heavy atom. The molecule has 2 heterocycles. The molecule has 1 aromatic rings. The third kappa shape index (κ3) is 2.12. The van der Waals surface area contributed by atoms with Crippen LogP contribution in [0.15, 0.2) is 17.1 Å². The molecule has 0 unspecified atom stereocenters. The van der Waals surface area contributed by atoms with Crippen LogP contribution in [-0.2, 0) is 0 Å². The lowest BCUT2D eigenvalue weighted by atomic mass is 9.94. The van der Waals surface area contributed by atoms with E-state index < -0.39 is 0 Å². The molecule has 0 aromatic carbocycles. The number of rotatable bonds is 1. The average Bonchev–Trinajstić information content (AvgIpc) is 2.20. The Morgan fingerprint density at radius 1 is 1.47 bits per heavy atom. The zero-order chi connectivity index (χ0) is 10.8. The zero-order valence-electron chi connectivity index (χ0n) is 9.42. The van der Waals surface area contributed by atoms with E-state index in [4.69, 9.17) is 0 Å². The Hall–Kier alpha value is -1.09. The van der Waals surface area contributed by atoms with Gasteiger partial charge in [0.2, 0.25) is 5.56 Å². The van der Waals surface area contributed by atoms with E-state index in [2.05, 4.69) is 16.9 Å². The van der Waals surface area contributed by atoms with E-state index >= 15 is 0 Å². The average molecular weight is 206 g/mol. The van der Waals surface area contributed by atoms with Gasteiger partial charge in [0.1, 0.15) is 0 Å². The normalized spacial score (nSPS) is 22.9. The fourth-order valence-corrected chi connectivity index (χ4v) is 2.41. The number of hydrogen-bond donors (Lipinski definition) is 1. The van der Waals surface area contributed by atoms with Gasteiger partial charge in [-0.25, -0.2) is 0 Å². The maximum absolute atomic E-state index is 11.1. The summed E-state index contributed by atoms with van der Waals surface area (Å²) in [5.74, 6) is 0. The number of nitrogens with one attached hydrogen (secondary N) is 1. The minimum atomic E-state index is -0.00490. The van der Waals surface area contributed by atoms with Gasteiger partial charge in [-0.2, -0.15) is 0 Å². The molecule has 0 bridgehead atoms. The maximum Gasteiger partial charge on any atom is 0.248 e. The number of nitrogens with zero attached hydrogens (tertiary/aromatic N) is 1. The van der Waals surface area contributed by atoms with Crippen LogP contribution in [0.2, 0.25) is 0 Å². The van der Waals surface area contributed by atoms with Gasteiger partial charge in [0.05, 0.1) is 0 Å². The summed E-state index contributed by atoms with van der Waals surface area (Å²) in [4.78, 5) is 16.3. The number of piperidine rings is 1. The number of aryl methyl sites for hydroxylation is 1. The Kier molecular flexibility index (Phi) is 2.91. The van der Waals surface area contributed by atoms with Gasteiger partial charge in [0.15, 0.2) is 0 Å². The molecule has 1 aliphatic rings. The summed E-state index contributed by atoms with van der Waals surface area (Å²) in [7, 11) is 2.16. The van der Waals surface area contributed by atoms with Crippen molar-refractivity contribution in [2.45, 2.75) is 32.2 Å². The highest BCUT2D eigenvalue weighted by Gasteiger charge is 2.21. The van der Waals surface area contributed by atoms with E-state index in [1.54, 1.807) is 6.07 Å². The van der Waals surface area contributed by atoms with Crippen LogP contribution in [0, 0.1) is 6.92 Å². The predicted molar refractivity (Wildman–Crippen MR) is 61.0 cm³/mol. The van der Waals surface area contributed by atoms with Gasteiger partial charge in [-0.15, -0.1) is 0 Å². The number of hydrogen-bond acceptors (Lipinski definition) is 2. The smallest absolute Gasteiger partial charge is 0.248 e. The number of pyridine rings is 1. The van der Waals surface area contributed by atoms with Gasteiger partial charge in [-0.1, -0.05) is 6.42 Å². The molecule has 0 amide bonds. The third-order valence-corrected chi connectivity index (χ3v) is 3.30. The summed E-state index contributed by atoms with van der Waals surface area (Å²) in [6.07, 6.45) is 5.65. The van der Waals surface area contributed by atoms with E-state index in [1.807, 2.05) is 13.1 Å². The van der Waals surface area contributed by atoms with E-state index in [1.165, 1.54) is 24.8 Å². The van der Waals surface area contributed by atoms with Gasteiger partial charge in [0.25, 0.3) is 0 Å². The van der Waals surface area contributed by atoms with Crippen molar-refractivity contribution >= 4 is 0 Å². The minimum Gasteiger partial charge on any atom is -0.329 e. The van der Waals surface area contributed by atoms with Crippen molar-refractivity contribution in [2.24, 2.45) is 0 Å². The molecule has 1 saturated heterocycles. The van der Waals surface area contributed by atoms with Crippen molar-refractivity contribution < 1.29 is 0 Å². The van der Waals surface area contributed by atoms with Crippen LogP contribution in [-0.4, -0.2) is 23.5 Å². The molecule has 2 rings (SSSR count). The fraction of sp³-hybridized carbons (Fsp3) is 0.583. The van der Waals surface area contributed by atoms with Crippen molar-refractivity contribution in [3.63, 3.8) is 0 Å². The van der Waals surface area contributed by atoms with Crippen molar-refractivity contribution in [3.05, 3.63) is 33.7 Å². The molecule has 82 valence electrons. The number of H-pyrrole nitrogens is 1. The summed E-state index contributed by atoms with van der Waals surface area (Å²) in [6.45, 7) is 3.18. The zero-order valence-corrected chi connectivity index (χ0v) is 9.42. The van der Waals surface area contributed by atoms with Gasteiger partial charge >= 0.3 is 0 Å². The molecule has 1 atom stereocenters. The van der Waals surface area contributed by atoms with E-state index in [-0.39, 0.29) is 5.56 Å². The lowest BCUT2D eigenvalue weighted by Crippen LogP contribution is -2.30. The van der Waals surface area contributed by atoms with E-state index in [0.29, 0.717) is 6.04 Å². The van der Waals surface area contributed by atoms with Crippen molar-refractivity contribution in [2.75, 3.05) is 13.6 Å². The van der Waals surface area contributed by atoms with Crippen LogP contribution in [0.4, 0.5) is 0 Å². The van der Waals surface area contributed by atoms with Crippen molar-refractivity contribution in [1.82, 2.24) is 9.88 Å². The van der Waals surface area contributed by atoms with Crippen LogP contribution in [0.25, 0.3) is 0 Å². The van der Waals surface area contributed by atoms with Crippen LogP contribution in [0.1, 0.15) is 36.4 Å². The summed E-state index contributed by atoms with van der Waals surface area (Å²) < 4.78 is 0. The van der Waals surface area contributed by atoms with Crippen LogP contribution < -0.4 is 5.56 Å². The quantitative estimate of drug-likeness (QED) is 0.761. The second-order valence-electron chi connectivity index (χ2n) is 4.43. The summed E-state index contributed by atoms with van der Waals surface area (Å²) in [5, 5.41) is 0. The van der Waals surface area contributed by atoms with Crippen molar-refractivity contribution in [1.29, 1.82) is 0 Å². The predicted octanol–water partition coefficient (Wildman–Crippen LogP) is 1.84. The lowest BCUT2D eigenvalue weighted by molar-refractivity contribution is 0.186. The Balaban J connectivity index is 2.31. The molecule has 0 aliphatic carbocycles. The highest BCUT2D eigenvalue weighted by Crippen LogP contribution is 2.30. The summed E-state index contributed by atoms with van der Waals surface area (Å²) in [5.41, 5.74) is 2.38. The highest BCUT2D eigenvalue weighted by atomic mass is 16.1. The number of likely N-dealkylation sites (tertiary alicyclic amines) is 1. The molecule has 1 fully saturated rings. The van der Waals surface area contributed by atoms with Crippen LogP contribution in [0.3, 0.4) is 0 Å². The van der Waals surface area contributed by atoms with Crippen molar-refractivity contribution in [3.8, 4) is 0 Å². The first kappa shape index (κ1) is 10.4. The van der Waals surface area contributed by atoms with Crippen LogP contribution in [0.5, 0.6) is 0 Å². The van der Waals surface area contributed by atoms with Gasteiger partial charge < -0.3 is 4.98 Å². The summed E-state index contributed by atoms with van der Waals surface area (Å²) >= 11 is 0. The highest BCUT2D eigenvalue weighted by molar-refractivity contribution is 5.25. The van der Waals surface area contributed by atoms with E-state index in [9.17, 15) is 4.79 Å². The second-order valence-corrected chi connectivity index (χ2v) is 4.43. The Bertz CT molecular complexity index is 397. The SMILES string of the molecule is Cc1cc(=O)[nH]cc1[C@@H]1CCCCN1C. The Labute approximate surface area is 90.1 Å². The van der Waals surface area contributed by atoms with Crippen LogP contribution >= 0.6 is 0 Å². The summed E-state index contributed by atoms with van der Waals surface area (Å²) in [6, 6.07) is 2.17. The molecule has 0 radical (unpaired) electrons. The molecule has 0 saturated carbocycles. The standard InChI is InChI=1S/C12H18N2O/c1-9-7-12(15)13-8-10(9)11-5-3-4-6-14(11)2/h7-8,11H,3-6H2,1-2H3,(H,13,15)/t11-/m0/s1. The van der Waals surface area contributed by atoms with Gasteiger partial charge in [-0.05, 0) is 44.5 Å². The monoisotopic (exact) mass is 206 g/mol. The van der Waals surface area contributed by atoms with Gasteiger partial charge in [-0.3, -0.25) is 9.69 Å². The first-order valence-corrected chi connectivity index (χ1v) is 5.58. The lowest BCUT2D eigenvalue weighted by Gasteiger charge is -2.33. The Morgan fingerprint density at radius 2 is 2.27 bits per heavy atom. The minimum absolute atomic E-state index is 0.00490. The molecule has 3 heteroatoms. The fourth-order valence-electron chi connectivity index (χ4n) is 2.41. The van der Waals surface area contributed by atoms with Gasteiger partial charge in [0, 0.05) is 18.3 Å².